The van der Waals surface area contributed by atoms with Crippen LogP contribution in [0.25, 0.3) is 0 Å². The summed E-state index contributed by atoms with van der Waals surface area (Å²) in [5.41, 5.74) is 8.08. The summed E-state index contributed by atoms with van der Waals surface area (Å²) in [7, 11) is 0. The summed E-state index contributed by atoms with van der Waals surface area (Å²) >= 11 is 0. The van der Waals surface area contributed by atoms with Crippen molar-refractivity contribution in [3.05, 3.63) is 106 Å². The van der Waals surface area contributed by atoms with Crippen molar-refractivity contribution in [2.24, 2.45) is 5.92 Å². The summed E-state index contributed by atoms with van der Waals surface area (Å²) in [4.78, 5) is 2.06. The third-order valence-corrected chi connectivity index (χ3v) is 5.76. The monoisotopic (exact) mass is 370 g/mol. The van der Waals surface area contributed by atoms with Gasteiger partial charge in [-0.15, -0.1) is 0 Å². The maximum atomic E-state index is 14.4. The summed E-state index contributed by atoms with van der Waals surface area (Å²) in [6, 6.07) is 2.15. The van der Waals surface area contributed by atoms with Crippen molar-refractivity contribution in [1.82, 2.24) is 4.90 Å². The molecule has 0 bridgehead atoms. The van der Waals surface area contributed by atoms with Gasteiger partial charge in [-0.05, 0) is 85.1 Å². The Labute approximate surface area is 166 Å². The predicted octanol–water partition coefficient (Wildman–Crippen LogP) is 6.46. The SMILES string of the molecule is C=C(C#N)C1=CC(C2CC2)=C2C(C)=C(C3=CC(F)=C(C)CC=C3)C=CN2C1=C. The quantitative estimate of drug-likeness (QED) is 0.533. The van der Waals surface area contributed by atoms with Crippen molar-refractivity contribution >= 4 is 0 Å². The summed E-state index contributed by atoms with van der Waals surface area (Å²) in [5.74, 6) is 0.334. The van der Waals surface area contributed by atoms with Crippen LogP contribution in [0.1, 0.15) is 33.1 Å². The van der Waals surface area contributed by atoms with E-state index in [0.29, 0.717) is 17.9 Å². The molecule has 0 atom stereocenters. The molecule has 3 heteroatoms. The lowest BCUT2D eigenvalue weighted by atomic mass is 9.86. The molecule has 0 saturated heterocycles. The lowest BCUT2D eigenvalue weighted by molar-refractivity contribution is 0.568. The third-order valence-electron chi connectivity index (χ3n) is 5.76. The first-order valence-corrected chi connectivity index (χ1v) is 9.59. The average Bonchev–Trinajstić information content (AvgIpc) is 3.52. The lowest BCUT2D eigenvalue weighted by Gasteiger charge is -2.36. The van der Waals surface area contributed by atoms with E-state index >= 15 is 0 Å². The van der Waals surface area contributed by atoms with Gasteiger partial charge in [0.05, 0.1) is 17.3 Å². The topological polar surface area (TPSA) is 27.0 Å². The highest BCUT2D eigenvalue weighted by Crippen LogP contribution is 2.48. The molecule has 0 aromatic heterocycles. The van der Waals surface area contributed by atoms with E-state index in [1.165, 1.54) is 5.57 Å². The maximum absolute atomic E-state index is 14.4. The molecule has 0 spiro atoms. The fourth-order valence-corrected chi connectivity index (χ4v) is 3.95. The fourth-order valence-electron chi connectivity index (χ4n) is 3.95. The highest BCUT2D eigenvalue weighted by Gasteiger charge is 2.35. The molecule has 0 amide bonds. The van der Waals surface area contributed by atoms with Crippen LogP contribution in [0.4, 0.5) is 4.39 Å². The van der Waals surface area contributed by atoms with Crippen LogP contribution < -0.4 is 0 Å². The van der Waals surface area contributed by atoms with Gasteiger partial charge in [-0.1, -0.05) is 25.3 Å². The van der Waals surface area contributed by atoms with Gasteiger partial charge < -0.3 is 4.90 Å². The minimum absolute atomic E-state index is 0.159. The van der Waals surface area contributed by atoms with Gasteiger partial charge in [0.1, 0.15) is 5.83 Å². The van der Waals surface area contributed by atoms with Gasteiger partial charge >= 0.3 is 0 Å². The van der Waals surface area contributed by atoms with Crippen LogP contribution >= 0.6 is 0 Å². The lowest BCUT2D eigenvalue weighted by Crippen LogP contribution is -2.26. The van der Waals surface area contributed by atoms with Crippen molar-refractivity contribution < 1.29 is 4.39 Å². The molecule has 0 radical (unpaired) electrons. The Morgan fingerprint density at radius 3 is 2.68 bits per heavy atom. The summed E-state index contributed by atoms with van der Waals surface area (Å²) in [6.07, 6.45) is 14.6. The number of allylic oxidation sites excluding steroid dienone is 12. The van der Waals surface area contributed by atoms with E-state index in [2.05, 4.69) is 37.1 Å². The van der Waals surface area contributed by atoms with Crippen LogP contribution in [0.5, 0.6) is 0 Å². The second kappa shape index (κ2) is 6.80. The Bertz CT molecular complexity index is 1060. The molecule has 28 heavy (non-hydrogen) atoms. The highest BCUT2D eigenvalue weighted by molar-refractivity contribution is 5.66. The van der Waals surface area contributed by atoms with Crippen LogP contribution in [0.3, 0.4) is 0 Å². The van der Waals surface area contributed by atoms with Crippen LogP contribution in [-0.4, -0.2) is 4.90 Å². The van der Waals surface area contributed by atoms with Gasteiger partial charge in [0.15, 0.2) is 0 Å². The molecule has 140 valence electrons. The summed E-state index contributed by atoms with van der Waals surface area (Å²) < 4.78 is 14.4. The van der Waals surface area contributed by atoms with Crippen molar-refractivity contribution in [3.8, 4) is 6.07 Å². The van der Waals surface area contributed by atoms with E-state index in [9.17, 15) is 9.65 Å². The molecular formula is C25H23FN2. The minimum Gasteiger partial charge on any atom is -0.317 e. The molecule has 1 saturated carbocycles. The van der Waals surface area contributed by atoms with Crippen molar-refractivity contribution in [3.63, 3.8) is 0 Å². The van der Waals surface area contributed by atoms with E-state index in [-0.39, 0.29) is 5.83 Å². The van der Waals surface area contributed by atoms with Crippen molar-refractivity contribution in [2.45, 2.75) is 33.1 Å². The van der Waals surface area contributed by atoms with E-state index in [1.807, 2.05) is 31.4 Å². The first-order chi connectivity index (χ1) is 13.4. The second-order valence-corrected chi connectivity index (χ2v) is 7.73. The zero-order valence-corrected chi connectivity index (χ0v) is 16.3. The number of rotatable bonds is 3. The number of nitrogens with zero attached hydrogens (tertiary/aromatic N) is 2. The Kier molecular flexibility index (Phi) is 4.43. The first kappa shape index (κ1) is 18.3. The largest absolute Gasteiger partial charge is 0.317 e. The third kappa shape index (κ3) is 2.96. The molecule has 1 fully saturated rings. The zero-order chi connectivity index (χ0) is 20.0. The van der Waals surface area contributed by atoms with Gasteiger partial charge in [0.25, 0.3) is 0 Å². The van der Waals surface area contributed by atoms with Crippen LogP contribution in [0.2, 0.25) is 0 Å². The van der Waals surface area contributed by atoms with Crippen molar-refractivity contribution in [1.29, 1.82) is 5.26 Å². The van der Waals surface area contributed by atoms with Gasteiger partial charge in [-0.3, -0.25) is 0 Å². The molecule has 0 N–H and O–H groups in total. The van der Waals surface area contributed by atoms with E-state index < -0.39 is 0 Å². The molecule has 4 aliphatic rings. The number of fused-ring (bicyclic) bond motifs is 1. The highest BCUT2D eigenvalue weighted by atomic mass is 19.1. The molecular weight excluding hydrogens is 347 g/mol. The molecule has 2 aliphatic heterocycles. The fraction of sp³-hybridized carbons (Fsp3) is 0.240. The Morgan fingerprint density at radius 1 is 1.25 bits per heavy atom. The smallest absolute Gasteiger partial charge is 0.123 e. The molecule has 0 unspecified atom stereocenters. The minimum atomic E-state index is -0.159. The molecule has 0 aromatic carbocycles. The maximum Gasteiger partial charge on any atom is 0.123 e. The molecule has 4 rings (SSSR count). The Hall–Kier alpha value is -3.12. The number of nitriles is 1. The molecule has 2 aliphatic carbocycles. The normalized spacial score (nSPS) is 22.1. The van der Waals surface area contributed by atoms with E-state index in [0.717, 1.165) is 52.1 Å². The molecule has 2 nitrogen and oxygen atoms in total. The second-order valence-electron chi connectivity index (χ2n) is 7.73. The van der Waals surface area contributed by atoms with Crippen LogP contribution in [0.15, 0.2) is 106 Å². The summed E-state index contributed by atoms with van der Waals surface area (Å²) in [5, 5.41) is 9.33. The van der Waals surface area contributed by atoms with Gasteiger partial charge in [0.2, 0.25) is 0 Å². The summed E-state index contributed by atoms with van der Waals surface area (Å²) in [6.45, 7) is 12.0. The molecule has 2 heterocycles. The zero-order valence-electron chi connectivity index (χ0n) is 16.3. The number of halogens is 1. The average molecular weight is 370 g/mol. The van der Waals surface area contributed by atoms with E-state index in [1.54, 1.807) is 6.08 Å². The first-order valence-electron chi connectivity index (χ1n) is 9.59. The molecule has 0 aromatic rings. The van der Waals surface area contributed by atoms with Crippen LogP contribution in [0, 0.1) is 17.2 Å². The Morgan fingerprint density at radius 2 is 2.00 bits per heavy atom. The Balaban J connectivity index is 1.89. The van der Waals surface area contributed by atoms with Crippen molar-refractivity contribution in [2.75, 3.05) is 0 Å². The van der Waals surface area contributed by atoms with Gasteiger partial charge in [-0.25, -0.2) is 4.39 Å². The van der Waals surface area contributed by atoms with Crippen LogP contribution in [-0.2, 0) is 0 Å². The van der Waals surface area contributed by atoms with Gasteiger partial charge in [-0.2, -0.15) is 5.26 Å². The number of hydrogen-bond donors (Lipinski definition) is 0. The predicted molar refractivity (Wildman–Crippen MR) is 111 cm³/mol. The van der Waals surface area contributed by atoms with Gasteiger partial charge in [0, 0.05) is 17.5 Å². The standard InChI is InChI=1S/C25H23FN2/c1-15-6-5-7-20(12-24(15)26)21-10-11-28-18(4)22(16(2)14-27)13-23(19-8-9-19)25(28)17(21)3/h5,7,10-13,19H,2,4,6,8-9H2,1,3H3. The van der Waals surface area contributed by atoms with E-state index in [4.69, 9.17) is 0 Å². The number of hydrogen-bond acceptors (Lipinski definition) is 2.